The fourth-order valence-electron chi connectivity index (χ4n) is 3.56. The second-order valence-electron chi connectivity index (χ2n) is 5.95. The highest BCUT2D eigenvalue weighted by Crippen LogP contribution is 2.39. The van der Waals surface area contributed by atoms with Gasteiger partial charge in [0.15, 0.2) is 0 Å². The van der Waals surface area contributed by atoms with Gasteiger partial charge >= 0.3 is 0 Å². The third-order valence-corrected chi connectivity index (χ3v) is 4.74. The second kappa shape index (κ2) is 6.51. The number of aryl methyl sites for hydroxylation is 1. The van der Waals surface area contributed by atoms with Gasteiger partial charge < -0.3 is 5.32 Å². The molecule has 1 aliphatic carbocycles. The molecule has 3 atom stereocenters. The van der Waals surface area contributed by atoms with Crippen molar-refractivity contribution >= 4 is 0 Å². The summed E-state index contributed by atoms with van der Waals surface area (Å²) in [6, 6.07) is 5.92. The summed E-state index contributed by atoms with van der Waals surface area (Å²) in [6.45, 7) is 4.12. The summed E-state index contributed by atoms with van der Waals surface area (Å²) in [5.41, 5.74) is 1.60. The highest BCUT2D eigenvalue weighted by molar-refractivity contribution is 5.28. The standard InChI is InChI=1S/C17H26FN/c1-4-13-8-6-9-14(11-13)17(19-3)15-10-5-7-12(2)16(15)18/h5,7,10,13-14,17,19H,4,6,8-9,11H2,1-3H3. The molecule has 19 heavy (non-hydrogen) atoms. The van der Waals surface area contributed by atoms with Crippen molar-refractivity contribution in [1.29, 1.82) is 0 Å². The lowest BCUT2D eigenvalue weighted by Crippen LogP contribution is -2.30. The highest BCUT2D eigenvalue weighted by atomic mass is 19.1. The van der Waals surface area contributed by atoms with Gasteiger partial charge in [-0.05, 0) is 44.2 Å². The summed E-state index contributed by atoms with van der Waals surface area (Å²) in [4.78, 5) is 0. The summed E-state index contributed by atoms with van der Waals surface area (Å²) < 4.78 is 14.3. The maximum Gasteiger partial charge on any atom is 0.130 e. The van der Waals surface area contributed by atoms with Gasteiger partial charge in [-0.2, -0.15) is 0 Å². The van der Waals surface area contributed by atoms with Gasteiger partial charge in [0.2, 0.25) is 0 Å². The number of nitrogens with one attached hydrogen (secondary N) is 1. The minimum absolute atomic E-state index is 0.0273. The lowest BCUT2D eigenvalue weighted by molar-refractivity contribution is 0.212. The topological polar surface area (TPSA) is 12.0 Å². The number of hydrogen-bond donors (Lipinski definition) is 1. The molecule has 1 saturated carbocycles. The van der Waals surface area contributed by atoms with E-state index in [2.05, 4.69) is 12.2 Å². The molecule has 2 heteroatoms. The van der Waals surface area contributed by atoms with E-state index in [0.29, 0.717) is 5.92 Å². The normalized spacial score (nSPS) is 25.3. The Labute approximate surface area is 116 Å². The summed E-state index contributed by atoms with van der Waals surface area (Å²) in [7, 11) is 1.96. The van der Waals surface area contributed by atoms with E-state index in [9.17, 15) is 4.39 Å². The molecular weight excluding hydrogens is 237 g/mol. The van der Waals surface area contributed by atoms with Gasteiger partial charge in [-0.1, -0.05) is 44.4 Å². The van der Waals surface area contributed by atoms with Crippen molar-refractivity contribution in [3.8, 4) is 0 Å². The van der Waals surface area contributed by atoms with E-state index in [1.165, 1.54) is 32.1 Å². The Hall–Kier alpha value is -0.890. The molecule has 0 spiro atoms. The maximum absolute atomic E-state index is 14.3. The molecule has 2 rings (SSSR count). The van der Waals surface area contributed by atoms with E-state index in [1.54, 1.807) is 0 Å². The van der Waals surface area contributed by atoms with Crippen molar-refractivity contribution in [2.24, 2.45) is 11.8 Å². The third-order valence-electron chi connectivity index (χ3n) is 4.74. The Morgan fingerprint density at radius 1 is 1.37 bits per heavy atom. The molecule has 0 bridgehead atoms. The van der Waals surface area contributed by atoms with Crippen LogP contribution in [0.3, 0.4) is 0 Å². The zero-order valence-electron chi connectivity index (χ0n) is 12.4. The first-order valence-electron chi connectivity index (χ1n) is 7.59. The Morgan fingerprint density at radius 2 is 2.16 bits per heavy atom. The van der Waals surface area contributed by atoms with Crippen molar-refractivity contribution in [3.63, 3.8) is 0 Å². The third kappa shape index (κ3) is 3.17. The van der Waals surface area contributed by atoms with Crippen LogP contribution in [0.25, 0.3) is 0 Å². The quantitative estimate of drug-likeness (QED) is 0.836. The molecule has 106 valence electrons. The monoisotopic (exact) mass is 263 g/mol. The zero-order valence-corrected chi connectivity index (χ0v) is 12.4. The number of rotatable bonds is 4. The van der Waals surface area contributed by atoms with Crippen LogP contribution in [0.5, 0.6) is 0 Å². The van der Waals surface area contributed by atoms with Gasteiger partial charge in [-0.25, -0.2) is 4.39 Å². The molecule has 1 N–H and O–H groups in total. The Kier molecular flexibility index (Phi) is 4.98. The molecule has 1 aromatic carbocycles. The first-order chi connectivity index (χ1) is 9.17. The van der Waals surface area contributed by atoms with Gasteiger partial charge in [0.05, 0.1) is 0 Å². The van der Waals surface area contributed by atoms with Crippen molar-refractivity contribution < 1.29 is 4.39 Å². The van der Waals surface area contributed by atoms with Gasteiger partial charge in [-0.15, -0.1) is 0 Å². The molecule has 1 fully saturated rings. The van der Waals surface area contributed by atoms with E-state index in [1.807, 2.05) is 32.2 Å². The fraction of sp³-hybridized carbons (Fsp3) is 0.647. The minimum Gasteiger partial charge on any atom is -0.313 e. The lowest BCUT2D eigenvalue weighted by atomic mass is 9.75. The van der Waals surface area contributed by atoms with Crippen molar-refractivity contribution in [3.05, 3.63) is 35.1 Å². The maximum atomic E-state index is 14.3. The predicted octanol–water partition coefficient (Wildman–Crippen LogP) is 4.61. The highest BCUT2D eigenvalue weighted by Gasteiger charge is 2.29. The van der Waals surface area contributed by atoms with E-state index < -0.39 is 0 Å². The van der Waals surface area contributed by atoms with Gasteiger partial charge in [0.1, 0.15) is 5.82 Å². The summed E-state index contributed by atoms with van der Waals surface area (Å²) >= 11 is 0. The smallest absolute Gasteiger partial charge is 0.130 e. The molecule has 0 aromatic heterocycles. The van der Waals surface area contributed by atoms with Crippen LogP contribution in [0.4, 0.5) is 4.39 Å². The molecule has 0 saturated heterocycles. The molecule has 0 amide bonds. The van der Waals surface area contributed by atoms with Crippen molar-refractivity contribution in [1.82, 2.24) is 5.32 Å². The van der Waals surface area contributed by atoms with Gasteiger partial charge in [0, 0.05) is 11.6 Å². The molecule has 3 unspecified atom stereocenters. The summed E-state index contributed by atoms with van der Waals surface area (Å²) in [5, 5.41) is 3.36. The largest absolute Gasteiger partial charge is 0.313 e. The minimum atomic E-state index is -0.0273. The van der Waals surface area contributed by atoms with E-state index in [0.717, 1.165) is 17.0 Å². The molecule has 0 aliphatic heterocycles. The Morgan fingerprint density at radius 3 is 2.84 bits per heavy atom. The second-order valence-corrected chi connectivity index (χ2v) is 5.95. The SMILES string of the molecule is CCC1CCCC(C(NC)c2cccc(C)c2F)C1. The van der Waals surface area contributed by atoms with Crippen molar-refractivity contribution in [2.45, 2.75) is 52.0 Å². The van der Waals surface area contributed by atoms with Crippen LogP contribution in [-0.4, -0.2) is 7.05 Å². The van der Waals surface area contributed by atoms with Crippen molar-refractivity contribution in [2.75, 3.05) is 7.05 Å². The van der Waals surface area contributed by atoms with Crippen LogP contribution >= 0.6 is 0 Å². The van der Waals surface area contributed by atoms with Gasteiger partial charge in [0.25, 0.3) is 0 Å². The fourth-order valence-corrected chi connectivity index (χ4v) is 3.56. The van der Waals surface area contributed by atoms with Crippen LogP contribution in [0.2, 0.25) is 0 Å². The van der Waals surface area contributed by atoms with Gasteiger partial charge in [-0.3, -0.25) is 0 Å². The van der Waals surface area contributed by atoms with Crippen LogP contribution in [0.15, 0.2) is 18.2 Å². The average molecular weight is 263 g/mol. The van der Waals surface area contributed by atoms with Crippen LogP contribution < -0.4 is 5.32 Å². The van der Waals surface area contributed by atoms with E-state index in [4.69, 9.17) is 0 Å². The Balaban J connectivity index is 2.21. The summed E-state index contributed by atoms with van der Waals surface area (Å²) in [5.74, 6) is 1.36. The van der Waals surface area contributed by atoms with Crippen LogP contribution in [0.1, 0.15) is 56.2 Å². The van der Waals surface area contributed by atoms with Crippen LogP contribution in [-0.2, 0) is 0 Å². The van der Waals surface area contributed by atoms with E-state index in [-0.39, 0.29) is 11.9 Å². The molecule has 1 nitrogen and oxygen atoms in total. The number of hydrogen-bond acceptors (Lipinski definition) is 1. The molecular formula is C17H26FN. The molecule has 1 aromatic rings. The molecule has 0 radical (unpaired) electrons. The molecule has 0 heterocycles. The predicted molar refractivity (Wildman–Crippen MR) is 78.7 cm³/mol. The van der Waals surface area contributed by atoms with E-state index >= 15 is 0 Å². The summed E-state index contributed by atoms with van der Waals surface area (Å²) in [6.07, 6.45) is 6.34. The Bertz CT molecular complexity index is 416. The number of benzene rings is 1. The number of halogens is 1. The zero-order chi connectivity index (χ0) is 13.8. The van der Waals surface area contributed by atoms with Crippen LogP contribution in [0, 0.1) is 24.6 Å². The lowest BCUT2D eigenvalue weighted by Gasteiger charge is -2.34. The molecule has 1 aliphatic rings. The first kappa shape index (κ1) is 14.5. The average Bonchev–Trinajstić information content (AvgIpc) is 2.44. The first-order valence-corrected chi connectivity index (χ1v) is 7.59.